The number of aromatic nitrogens is 3. The first-order valence-electron chi connectivity index (χ1n) is 12.6. The van der Waals surface area contributed by atoms with Gasteiger partial charge in [0.2, 0.25) is 5.95 Å². The Labute approximate surface area is 216 Å². The summed E-state index contributed by atoms with van der Waals surface area (Å²) in [6.45, 7) is 8.49. The Morgan fingerprint density at radius 3 is 2.59 bits per heavy atom. The zero-order chi connectivity index (χ0) is 26.1. The average molecular weight is 501 g/mol. The number of fused-ring (bicyclic) bond motifs is 1. The van der Waals surface area contributed by atoms with Crippen molar-refractivity contribution >= 4 is 23.5 Å². The van der Waals surface area contributed by atoms with Gasteiger partial charge in [0.15, 0.2) is 0 Å². The number of benzene rings is 1. The van der Waals surface area contributed by atoms with Crippen LogP contribution in [0.15, 0.2) is 42.7 Å². The fourth-order valence-corrected chi connectivity index (χ4v) is 5.40. The number of piperidine rings is 1. The van der Waals surface area contributed by atoms with Crippen LogP contribution in [-0.2, 0) is 17.8 Å². The molecule has 0 unspecified atom stereocenters. The van der Waals surface area contributed by atoms with Gasteiger partial charge in [0, 0.05) is 60.9 Å². The molecule has 37 heavy (non-hydrogen) atoms. The molecule has 2 atom stereocenters. The number of esters is 1. The smallest absolute Gasteiger partial charge is 0.356 e. The van der Waals surface area contributed by atoms with Gasteiger partial charge in [-0.15, -0.1) is 0 Å². The van der Waals surface area contributed by atoms with E-state index in [1.54, 1.807) is 6.07 Å². The molecule has 9 nitrogen and oxygen atoms in total. The maximum absolute atomic E-state index is 13.2. The first kappa shape index (κ1) is 24.8. The highest BCUT2D eigenvalue weighted by Gasteiger charge is 2.35. The molecule has 5 rings (SSSR count). The van der Waals surface area contributed by atoms with Crippen LogP contribution >= 0.6 is 0 Å². The molecule has 1 fully saturated rings. The molecule has 0 bridgehead atoms. The average Bonchev–Trinajstić information content (AvgIpc) is 3.31. The standard InChI is InChI=1S/C28H32N6O3/c1-17-9-18(2)11-22(10-17)31-28-30-14-21-15-33(16-25(21)32-28)23-6-8-34(19(3)12-23)26(35)20-5-7-29-24(13-20)27(36)37-4/h5,7,9-11,13-14,19,23H,6,8,12,15-16H2,1-4H3,(H,30,31,32)/t19-,23-/m1/s1. The lowest BCUT2D eigenvalue weighted by Crippen LogP contribution is -2.50. The minimum absolute atomic E-state index is 0.0672. The summed E-state index contributed by atoms with van der Waals surface area (Å²) in [5.74, 6) is -0.0234. The van der Waals surface area contributed by atoms with E-state index in [1.165, 1.54) is 30.5 Å². The van der Waals surface area contributed by atoms with Gasteiger partial charge in [-0.3, -0.25) is 9.69 Å². The molecule has 2 aliphatic heterocycles. The summed E-state index contributed by atoms with van der Waals surface area (Å²) in [5, 5.41) is 3.35. The number of likely N-dealkylation sites (tertiary alicyclic amines) is 1. The number of rotatable bonds is 5. The largest absolute Gasteiger partial charge is 0.464 e. The first-order valence-corrected chi connectivity index (χ1v) is 12.6. The van der Waals surface area contributed by atoms with Crippen LogP contribution in [0.1, 0.15) is 63.0 Å². The Morgan fingerprint density at radius 2 is 1.86 bits per heavy atom. The van der Waals surface area contributed by atoms with Gasteiger partial charge < -0.3 is 15.0 Å². The molecule has 2 aromatic heterocycles. The van der Waals surface area contributed by atoms with Gasteiger partial charge >= 0.3 is 5.97 Å². The lowest BCUT2D eigenvalue weighted by molar-refractivity contribution is 0.0460. The van der Waals surface area contributed by atoms with Crippen LogP contribution in [0.5, 0.6) is 0 Å². The third-order valence-electron chi connectivity index (χ3n) is 7.19. The SMILES string of the molecule is COC(=O)c1cc(C(=O)N2CC[C@@H](N3Cc4cnc(Nc5cc(C)cc(C)c5)nc4C3)C[C@H]2C)ccn1. The highest BCUT2D eigenvalue weighted by molar-refractivity contribution is 5.97. The second-order valence-electron chi connectivity index (χ2n) is 10.0. The number of pyridine rings is 1. The summed E-state index contributed by atoms with van der Waals surface area (Å²) >= 11 is 0. The Balaban J connectivity index is 1.22. The number of anilines is 2. The maximum Gasteiger partial charge on any atom is 0.356 e. The number of carbonyl (C=O) groups excluding carboxylic acids is 2. The minimum Gasteiger partial charge on any atom is -0.464 e. The van der Waals surface area contributed by atoms with E-state index in [9.17, 15) is 9.59 Å². The lowest BCUT2D eigenvalue weighted by Gasteiger charge is -2.41. The van der Waals surface area contributed by atoms with E-state index in [4.69, 9.17) is 9.72 Å². The summed E-state index contributed by atoms with van der Waals surface area (Å²) < 4.78 is 4.74. The van der Waals surface area contributed by atoms with Gasteiger partial charge in [0.25, 0.3) is 5.91 Å². The molecule has 0 radical (unpaired) electrons. The predicted octanol–water partition coefficient (Wildman–Crippen LogP) is 4.03. The molecule has 0 saturated carbocycles. The highest BCUT2D eigenvalue weighted by atomic mass is 16.5. The van der Waals surface area contributed by atoms with Crippen LogP contribution < -0.4 is 5.32 Å². The topological polar surface area (TPSA) is 101 Å². The van der Waals surface area contributed by atoms with Crippen molar-refractivity contribution in [1.29, 1.82) is 0 Å². The molecule has 4 heterocycles. The number of aryl methyl sites for hydroxylation is 2. The van der Waals surface area contributed by atoms with E-state index in [0.29, 0.717) is 24.1 Å². The number of nitrogens with zero attached hydrogens (tertiary/aromatic N) is 5. The fraction of sp³-hybridized carbons (Fsp3) is 0.393. The summed E-state index contributed by atoms with van der Waals surface area (Å²) in [5.41, 5.74) is 6.19. The molecule has 1 aromatic carbocycles. The van der Waals surface area contributed by atoms with Crippen LogP contribution in [0.2, 0.25) is 0 Å². The fourth-order valence-electron chi connectivity index (χ4n) is 5.40. The van der Waals surface area contributed by atoms with Crippen molar-refractivity contribution in [3.05, 3.63) is 76.4 Å². The molecule has 1 saturated heterocycles. The molecular formula is C28H32N6O3. The van der Waals surface area contributed by atoms with Gasteiger partial charge in [0.05, 0.1) is 12.8 Å². The van der Waals surface area contributed by atoms with Crippen LogP contribution in [0.4, 0.5) is 11.6 Å². The second kappa shape index (κ2) is 10.3. The molecular weight excluding hydrogens is 468 g/mol. The Hall–Kier alpha value is -3.85. The van der Waals surface area contributed by atoms with Crippen molar-refractivity contribution in [3.63, 3.8) is 0 Å². The molecule has 1 amide bonds. The monoisotopic (exact) mass is 500 g/mol. The number of hydrogen-bond acceptors (Lipinski definition) is 8. The zero-order valence-corrected chi connectivity index (χ0v) is 21.7. The van der Waals surface area contributed by atoms with Crippen LogP contribution in [-0.4, -0.2) is 62.4 Å². The van der Waals surface area contributed by atoms with Crippen molar-refractivity contribution < 1.29 is 14.3 Å². The van der Waals surface area contributed by atoms with E-state index in [1.807, 2.05) is 11.1 Å². The summed E-state index contributed by atoms with van der Waals surface area (Å²) in [6.07, 6.45) is 5.15. The van der Waals surface area contributed by atoms with Gasteiger partial charge in [0.1, 0.15) is 5.69 Å². The number of methoxy groups -OCH3 is 1. The second-order valence-corrected chi connectivity index (χ2v) is 10.0. The van der Waals surface area contributed by atoms with Crippen molar-refractivity contribution in [2.24, 2.45) is 0 Å². The molecule has 2 aliphatic rings. The summed E-state index contributed by atoms with van der Waals surface area (Å²) in [6, 6.07) is 9.90. The third-order valence-corrected chi connectivity index (χ3v) is 7.19. The molecule has 0 aliphatic carbocycles. The lowest BCUT2D eigenvalue weighted by atomic mass is 9.96. The molecule has 1 N–H and O–H groups in total. The normalized spacial score (nSPS) is 19.4. The molecule has 192 valence electrons. The molecule has 3 aromatic rings. The van der Waals surface area contributed by atoms with Gasteiger partial charge in [-0.05, 0) is 69.0 Å². The van der Waals surface area contributed by atoms with Crippen molar-refractivity contribution in [2.45, 2.75) is 58.8 Å². The number of carbonyl (C=O) groups is 2. The van der Waals surface area contributed by atoms with Crippen LogP contribution in [0, 0.1) is 13.8 Å². The third kappa shape index (κ3) is 5.32. The minimum atomic E-state index is -0.551. The molecule has 0 spiro atoms. The van der Waals surface area contributed by atoms with Gasteiger partial charge in [-0.2, -0.15) is 0 Å². The van der Waals surface area contributed by atoms with Crippen LogP contribution in [0.25, 0.3) is 0 Å². The Morgan fingerprint density at radius 1 is 1.08 bits per heavy atom. The molecule has 9 heteroatoms. The zero-order valence-electron chi connectivity index (χ0n) is 21.7. The number of amides is 1. The number of hydrogen-bond donors (Lipinski definition) is 1. The van der Waals surface area contributed by atoms with Crippen LogP contribution in [0.3, 0.4) is 0 Å². The van der Waals surface area contributed by atoms with Crippen molar-refractivity contribution in [3.8, 4) is 0 Å². The van der Waals surface area contributed by atoms with E-state index >= 15 is 0 Å². The van der Waals surface area contributed by atoms with E-state index < -0.39 is 5.97 Å². The Kier molecular flexibility index (Phi) is 6.88. The van der Waals surface area contributed by atoms with Gasteiger partial charge in [-0.1, -0.05) is 6.07 Å². The predicted molar refractivity (Wildman–Crippen MR) is 140 cm³/mol. The quantitative estimate of drug-likeness (QED) is 0.524. The first-order chi connectivity index (χ1) is 17.8. The van der Waals surface area contributed by atoms with Crippen molar-refractivity contribution in [1.82, 2.24) is 24.8 Å². The summed E-state index contributed by atoms with van der Waals surface area (Å²) in [4.78, 5) is 42.8. The maximum atomic E-state index is 13.2. The number of nitrogens with one attached hydrogen (secondary N) is 1. The number of ether oxygens (including phenoxy) is 1. The van der Waals surface area contributed by atoms with Gasteiger partial charge in [-0.25, -0.2) is 19.7 Å². The highest BCUT2D eigenvalue weighted by Crippen LogP contribution is 2.31. The van der Waals surface area contributed by atoms with Crippen molar-refractivity contribution in [2.75, 3.05) is 19.0 Å². The Bertz CT molecular complexity index is 1320. The van der Waals surface area contributed by atoms with E-state index in [0.717, 1.165) is 42.9 Å². The van der Waals surface area contributed by atoms with E-state index in [-0.39, 0.29) is 17.6 Å². The van der Waals surface area contributed by atoms with E-state index in [2.05, 4.69) is 59.2 Å². The summed E-state index contributed by atoms with van der Waals surface area (Å²) in [7, 11) is 1.30.